The zero-order valence-electron chi connectivity index (χ0n) is 21.8. The van der Waals surface area contributed by atoms with E-state index in [-0.39, 0.29) is 17.6 Å². The van der Waals surface area contributed by atoms with Crippen LogP contribution in [0.15, 0.2) is 41.3 Å². The van der Waals surface area contributed by atoms with Crippen molar-refractivity contribution in [2.45, 2.75) is 38.5 Å². The third-order valence-corrected chi connectivity index (χ3v) is 9.43. The van der Waals surface area contributed by atoms with Gasteiger partial charge in [0.15, 0.2) is 16.6 Å². The number of fused-ring (bicyclic) bond motifs is 2. The highest BCUT2D eigenvalue weighted by Crippen LogP contribution is 2.40. The van der Waals surface area contributed by atoms with Gasteiger partial charge in [0.25, 0.3) is 5.91 Å². The van der Waals surface area contributed by atoms with Crippen LogP contribution in [0, 0.1) is 0 Å². The molecule has 9 nitrogen and oxygen atoms in total. The van der Waals surface area contributed by atoms with E-state index in [1.807, 2.05) is 19.1 Å². The van der Waals surface area contributed by atoms with Gasteiger partial charge in [0.2, 0.25) is 16.8 Å². The number of hydrogen-bond acceptors (Lipinski definition) is 8. The molecular weight excluding hydrogens is 512 g/mol. The molecule has 0 unspecified atom stereocenters. The molecule has 37 heavy (non-hydrogen) atoms. The Labute approximate surface area is 222 Å². The lowest BCUT2D eigenvalue weighted by Crippen LogP contribution is -2.38. The topological polar surface area (TPSA) is 92.3 Å². The summed E-state index contributed by atoms with van der Waals surface area (Å²) >= 11 is 1.42. The summed E-state index contributed by atoms with van der Waals surface area (Å²) in [5.74, 6) is 1.09. The summed E-state index contributed by atoms with van der Waals surface area (Å²) < 4.78 is 39.0. The zero-order chi connectivity index (χ0) is 26.6. The predicted octanol–water partition coefficient (Wildman–Crippen LogP) is 4.43. The molecule has 200 valence electrons. The number of likely N-dealkylation sites (N-methyl/N-ethyl adjacent to an activating group) is 1. The normalized spacial score (nSPS) is 13.1. The van der Waals surface area contributed by atoms with Gasteiger partial charge in [-0.1, -0.05) is 38.5 Å². The lowest BCUT2D eigenvalue weighted by atomic mass is 10.2. The van der Waals surface area contributed by atoms with Crippen molar-refractivity contribution < 1.29 is 22.7 Å². The monoisotopic (exact) mass is 546 g/mol. The number of carbonyl (C=O) groups excluding carboxylic acids is 1. The molecule has 0 N–H and O–H groups in total. The van der Waals surface area contributed by atoms with Gasteiger partial charge in [0, 0.05) is 44.4 Å². The lowest BCUT2D eigenvalue weighted by Gasteiger charge is -2.25. The smallest absolute Gasteiger partial charge is 0.260 e. The van der Waals surface area contributed by atoms with E-state index in [2.05, 4.69) is 18.7 Å². The van der Waals surface area contributed by atoms with Crippen LogP contribution in [0.4, 0.5) is 5.13 Å². The van der Waals surface area contributed by atoms with E-state index in [0.717, 1.165) is 36.1 Å². The maximum absolute atomic E-state index is 13.7. The maximum atomic E-state index is 13.7. The van der Waals surface area contributed by atoms with Crippen molar-refractivity contribution in [3.8, 4) is 11.5 Å². The Balaban J connectivity index is 1.62. The minimum absolute atomic E-state index is 0.173. The molecule has 0 fully saturated rings. The van der Waals surface area contributed by atoms with Crippen LogP contribution in [0.1, 0.15) is 44.0 Å². The van der Waals surface area contributed by atoms with E-state index in [9.17, 15) is 13.2 Å². The fourth-order valence-corrected chi connectivity index (χ4v) is 6.30. The highest BCUT2D eigenvalue weighted by Gasteiger charge is 2.25. The van der Waals surface area contributed by atoms with Gasteiger partial charge in [-0.2, -0.15) is 0 Å². The van der Waals surface area contributed by atoms with Gasteiger partial charge in [-0.3, -0.25) is 9.69 Å². The van der Waals surface area contributed by atoms with Crippen molar-refractivity contribution in [1.82, 2.24) is 14.2 Å². The Hall–Kier alpha value is -2.73. The zero-order valence-corrected chi connectivity index (χ0v) is 23.4. The Morgan fingerprint density at radius 3 is 2.32 bits per heavy atom. The van der Waals surface area contributed by atoms with Gasteiger partial charge in [0.1, 0.15) is 0 Å². The predicted molar refractivity (Wildman–Crippen MR) is 146 cm³/mol. The van der Waals surface area contributed by atoms with Gasteiger partial charge in [0.05, 0.1) is 15.1 Å². The van der Waals surface area contributed by atoms with Crippen molar-refractivity contribution in [3.63, 3.8) is 0 Å². The summed E-state index contributed by atoms with van der Waals surface area (Å²) in [6.07, 6.45) is 1.70. The Bertz CT molecular complexity index is 1300. The van der Waals surface area contributed by atoms with Crippen LogP contribution < -0.4 is 14.4 Å². The third kappa shape index (κ3) is 5.90. The first kappa shape index (κ1) is 27.3. The van der Waals surface area contributed by atoms with Gasteiger partial charge >= 0.3 is 0 Å². The van der Waals surface area contributed by atoms with E-state index in [4.69, 9.17) is 14.5 Å². The Kier molecular flexibility index (Phi) is 8.68. The standard InChI is InChI=1S/C26H34N4O5S2/c1-5-8-13-28(4)37(32,33)20-11-9-19(10-12-20)25(31)30(15-14-29(6-2)7-3)26-27-21-16-22-23(35-18-34-22)17-24(21)36-26/h9-12,16-17H,5-8,13-15,18H2,1-4H3. The number of sulfonamides is 1. The highest BCUT2D eigenvalue weighted by atomic mass is 32.2. The summed E-state index contributed by atoms with van der Waals surface area (Å²) in [6, 6.07) is 9.89. The summed E-state index contributed by atoms with van der Waals surface area (Å²) in [6.45, 7) is 9.72. The molecule has 11 heteroatoms. The second kappa shape index (κ2) is 11.8. The van der Waals surface area contributed by atoms with Gasteiger partial charge in [-0.05, 0) is 43.8 Å². The van der Waals surface area contributed by atoms with E-state index in [0.29, 0.717) is 41.8 Å². The molecule has 2 heterocycles. The van der Waals surface area contributed by atoms with Crippen LogP contribution in [0.2, 0.25) is 0 Å². The molecule has 0 saturated heterocycles. The molecular formula is C26H34N4O5S2. The minimum atomic E-state index is -3.61. The number of benzene rings is 2. The second-order valence-electron chi connectivity index (χ2n) is 8.86. The first-order chi connectivity index (χ1) is 17.8. The molecule has 3 aromatic rings. The number of anilines is 1. The van der Waals surface area contributed by atoms with Crippen LogP contribution in [0.3, 0.4) is 0 Å². The molecule has 1 aliphatic rings. The average Bonchev–Trinajstić information content (AvgIpc) is 3.53. The minimum Gasteiger partial charge on any atom is -0.454 e. The fourth-order valence-electron chi connectivity index (χ4n) is 4.09. The molecule has 1 aromatic heterocycles. The van der Waals surface area contributed by atoms with Crippen molar-refractivity contribution in [1.29, 1.82) is 0 Å². The number of ether oxygens (including phenoxy) is 2. The SMILES string of the molecule is CCCCN(C)S(=O)(=O)c1ccc(C(=O)N(CCN(CC)CC)c2nc3cc4c(cc3s2)OCO4)cc1. The summed E-state index contributed by atoms with van der Waals surface area (Å²) in [5.41, 5.74) is 1.14. The Morgan fingerprint density at radius 1 is 1.00 bits per heavy atom. The van der Waals surface area contributed by atoms with Crippen molar-refractivity contribution in [2.24, 2.45) is 0 Å². The molecule has 0 saturated carbocycles. The molecule has 0 bridgehead atoms. The van der Waals surface area contributed by atoms with Gasteiger partial charge in [-0.25, -0.2) is 17.7 Å². The number of rotatable bonds is 12. The summed E-state index contributed by atoms with van der Waals surface area (Å²) in [5, 5.41) is 0.576. The quantitative estimate of drug-likeness (QED) is 0.332. The maximum Gasteiger partial charge on any atom is 0.260 e. The van der Waals surface area contributed by atoms with Gasteiger partial charge in [-0.15, -0.1) is 0 Å². The fraction of sp³-hybridized carbons (Fsp3) is 0.462. The number of nitrogens with zero attached hydrogens (tertiary/aromatic N) is 4. The molecule has 0 spiro atoms. The van der Waals surface area contributed by atoms with Gasteiger partial charge < -0.3 is 14.4 Å². The van der Waals surface area contributed by atoms with Crippen LogP contribution in [-0.4, -0.2) is 75.1 Å². The van der Waals surface area contributed by atoms with E-state index >= 15 is 0 Å². The van der Waals surface area contributed by atoms with E-state index in [1.165, 1.54) is 27.8 Å². The molecule has 0 radical (unpaired) electrons. The van der Waals surface area contributed by atoms with Crippen molar-refractivity contribution in [3.05, 3.63) is 42.0 Å². The number of unbranched alkanes of at least 4 members (excludes halogenated alkanes) is 1. The largest absolute Gasteiger partial charge is 0.454 e. The lowest BCUT2D eigenvalue weighted by molar-refractivity contribution is 0.0983. The average molecular weight is 547 g/mol. The first-order valence-electron chi connectivity index (χ1n) is 12.6. The number of aromatic nitrogens is 1. The number of carbonyl (C=O) groups is 1. The summed E-state index contributed by atoms with van der Waals surface area (Å²) in [4.78, 5) is 22.5. The molecule has 2 aromatic carbocycles. The molecule has 0 aliphatic carbocycles. The summed E-state index contributed by atoms with van der Waals surface area (Å²) in [7, 11) is -2.03. The molecule has 1 aliphatic heterocycles. The molecule has 0 atom stereocenters. The number of amides is 1. The number of hydrogen-bond donors (Lipinski definition) is 0. The Morgan fingerprint density at radius 2 is 1.68 bits per heavy atom. The molecule has 1 amide bonds. The molecule has 4 rings (SSSR count). The van der Waals surface area contributed by atoms with Crippen LogP contribution in [0.25, 0.3) is 10.2 Å². The van der Waals surface area contributed by atoms with Crippen molar-refractivity contribution in [2.75, 3.05) is 51.5 Å². The van der Waals surface area contributed by atoms with Crippen LogP contribution in [-0.2, 0) is 10.0 Å². The van der Waals surface area contributed by atoms with Crippen LogP contribution in [0.5, 0.6) is 11.5 Å². The van der Waals surface area contributed by atoms with Crippen LogP contribution >= 0.6 is 11.3 Å². The van der Waals surface area contributed by atoms with E-state index in [1.54, 1.807) is 24.1 Å². The first-order valence-corrected chi connectivity index (χ1v) is 14.8. The highest BCUT2D eigenvalue weighted by molar-refractivity contribution is 7.89. The van der Waals surface area contributed by atoms with E-state index < -0.39 is 10.0 Å². The number of thiazole rings is 1. The van der Waals surface area contributed by atoms with Crippen molar-refractivity contribution >= 4 is 42.6 Å². The second-order valence-corrected chi connectivity index (χ2v) is 11.9. The third-order valence-electron chi connectivity index (χ3n) is 6.52.